The highest BCUT2D eigenvalue weighted by Crippen LogP contribution is 2.35. The number of hydrogen-bond donors (Lipinski definition) is 2. The topological polar surface area (TPSA) is 100 Å². The number of benzene rings is 2. The van der Waals surface area contributed by atoms with E-state index >= 15 is 0 Å². The molecule has 0 aliphatic heterocycles. The monoisotopic (exact) mass is 379 g/mol. The van der Waals surface area contributed by atoms with E-state index in [9.17, 15) is 14.3 Å². The zero-order chi connectivity index (χ0) is 19.5. The average molecular weight is 379 g/mol. The number of furan rings is 1. The van der Waals surface area contributed by atoms with Gasteiger partial charge in [-0.25, -0.2) is 4.39 Å². The highest BCUT2D eigenvalue weighted by molar-refractivity contribution is 5.95. The summed E-state index contributed by atoms with van der Waals surface area (Å²) in [5, 5.41) is 17.7. The van der Waals surface area contributed by atoms with Crippen LogP contribution in [0.1, 0.15) is 16.3 Å². The number of nitrogens with one attached hydrogen (secondary N) is 1. The van der Waals surface area contributed by atoms with Crippen LogP contribution in [-0.2, 0) is 6.61 Å². The maximum Gasteiger partial charge on any atom is 0.331 e. The van der Waals surface area contributed by atoms with Crippen molar-refractivity contribution in [2.45, 2.75) is 6.61 Å². The molecule has 0 radical (unpaired) electrons. The Labute approximate surface area is 158 Å². The van der Waals surface area contributed by atoms with Gasteiger partial charge in [-0.2, -0.15) is 0 Å². The number of ether oxygens (including phenoxy) is 1. The van der Waals surface area contributed by atoms with Gasteiger partial charge in [-0.05, 0) is 42.5 Å². The first-order valence-electron chi connectivity index (χ1n) is 8.33. The summed E-state index contributed by atoms with van der Waals surface area (Å²) in [7, 11) is 0. The van der Waals surface area contributed by atoms with Crippen molar-refractivity contribution in [1.29, 1.82) is 0 Å². The van der Waals surface area contributed by atoms with Crippen molar-refractivity contribution < 1.29 is 23.4 Å². The Kier molecular flexibility index (Phi) is 4.59. The largest absolute Gasteiger partial charge is 0.493 e. The molecule has 28 heavy (non-hydrogen) atoms. The van der Waals surface area contributed by atoms with Crippen LogP contribution in [0, 0.1) is 5.82 Å². The standard InChI is InChI=1S/C20H14FN3O4/c21-12-6-8-15-16(10-12)22-20(26)18(15)23-24-19(25)17-9-7-14(28-17)11-27-13-4-2-1-3-5-13/h1-10,22,26H,11H2. The molecule has 2 N–H and O–H groups in total. The molecule has 1 amide bonds. The lowest BCUT2D eigenvalue weighted by Gasteiger charge is -2.02. The Morgan fingerprint density at radius 3 is 2.79 bits per heavy atom. The average Bonchev–Trinajstić information content (AvgIpc) is 3.29. The van der Waals surface area contributed by atoms with E-state index in [1.54, 1.807) is 6.07 Å². The molecule has 2 aromatic heterocycles. The molecule has 0 saturated carbocycles. The number of para-hydroxylation sites is 1. The molecule has 140 valence electrons. The maximum atomic E-state index is 13.3. The van der Waals surface area contributed by atoms with Gasteiger partial charge in [-0.15, -0.1) is 10.2 Å². The van der Waals surface area contributed by atoms with Crippen LogP contribution in [0.2, 0.25) is 0 Å². The third-order valence-corrected chi connectivity index (χ3v) is 3.95. The van der Waals surface area contributed by atoms with Gasteiger partial charge in [0.25, 0.3) is 0 Å². The minimum absolute atomic E-state index is 0.0132. The molecule has 0 atom stereocenters. The van der Waals surface area contributed by atoms with Crippen LogP contribution in [0.5, 0.6) is 11.6 Å². The number of aromatic amines is 1. The number of azo groups is 1. The van der Waals surface area contributed by atoms with Gasteiger partial charge in [0.1, 0.15) is 23.9 Å². The van der Waals surface area contributed by atoms with E-state index < -0.39 is 11.7 Å². The van der Waals surface area contributed by atoms with Crippen molar-refractivity contribution in [2.75, 3.05) is 0 Å². The molecule has 4 rings (SSSR count). The molecule has 0 bridgehead atoms. The second kappa shape index (κ2) is 7.36. The summed E-state index contributed by atoms with van der Waals surface area (Å²) in [6.45, 7) is 0.156. The third-order valence-electron chi connectivity index (χ3n) is 3.95. The van der Waals surface area contributed by atoms with Crippen LogP contribution >= 0.6 is 0 Å². The fourth-order valence-electron chi connectivity index (χ4n) is 2.63. The van der Waals surface area contributed by atoms with E-state index in [1.165, 1.54) is 24.3 Å². The first-order chi connectivity index (χ1) is 13.6. The zero-order valence-corrected chi connectivity index (χ0v) is 14.4. The van der Waals surface area contributed by atoms with Crippen LogP contribution in [0.3, 0.4) is 0 Å². The van der Waals surface area contributed by atoms with Gasteiger partial charge in [-0.3, -0.25) is 4.79 Å². The van der Waals surface area contributed by atoms with E-state index in [1.807, 2.05) is 30.3 Å². The Morgan fingerprint density at radius 2 is 1.96 bits per heavy atom. The molecular weight excluding hydrogens is 365 g/mol. The minimum atomic E-state index is -0.721. The van der Waals surface area contributed by atoms with Crippen molar-refractivity contribution in [1.82, 2.24) is 4.98 Å². The minimum Gasteiger partial charge on any atom is -0.493 e. The lowest BCUT2D eigenvalue weighted by Crippen LogP contribution is -1.94. The van der Waals surface area contributed by atoms with Gasteiger partial charge >= 0.3 is 5.91 Å². The zero-order valence-electron chi connectivity index (χ0n) is 14.4. The summed E-state index contributed by atoms with van der Waals surface area (Å²) in [6, 6.07) is 16.1. The summed E-state index contributed by atoms with van der Waals surface area (Å²) < 4.78 is 24.2. The number of amides is 1. The van der Waals surface area contributed by atoms with E-state index in [0.717, 1.165) is 0 Å². The highest BCUT2D eigenvalue weighted by Gasteiger charge is 2.14. The second-order valence-corrected chi connectivity index (χ2v) is 5.88. The summed E-state index contributed by atoms with van der Waals surface area (Å²) >= 11 is 0. The number of rotatable bonds is 5. The Bertz CT molecular complexity index is 1160. The van der Waals surface area contributed by atoms with E-state index in [2.05, 4.69) is 15.2 Å². The summed E-state index contributed by atoms with van der Waals surface area (Å²) in [4.78, 5) is 14.8. The third kappa shape index (κ3) is 3.61. The molecule has 4 aromatic rings. The first-order valence-corrected chi connectivity index (χ1v) is 8.33. The van der Waals surface area contributed by atoms with Crippen LogP contribution in [-0.4, -0.2) is 16.0 Å². The predicted octanol–water partition coefficient (Wildman–Crippen LogP) is 5.11. The lowest BCUT2D eigenvalue weighted by atomic mass is 10.2. The van der Waals surface area contributed by atoms with Crippen molar-refractivity contribution in [3.8, 4) is 11.6 Å². The number of hydrogen-bond acceptors (Lipinski definition) is 5. The first kappa shape index (κ1) is 17.5. The molecule has 8 heteroatoms. The number of nitrogens with zero attached hydrogens (tertiary/aromatic N) is 2. The number of fused-ring (bicyclic) bond motifs is 1. The molecule has 2 aromatic carbocycles. The SMILES string of the molecule is O=C(N=Nc1c(O)[nH]c2cc(F)ccc12)c1ccc(COc2ccccc2)o1. The maximum absolute atomic E-state index is 13.3. The normalized spacial score (nSPS) is 11.3. The molecule has 0 aliphatic carbocycles. The van der Waals surface area contributed by atoms with Crippen LogP contribution in [0.4, 0.5) is 10.1 Å². The highest BCUT2D eigenvalue weighted by atomic mass is 19.1. The van der Waals surface area contributed by atoms with Crippen molar-refractivity contribution in [3.05, 3.63) is 78.0 Å². The molecule has 2 heterocycles. The smallest absolute Gasteiger partial charge is 0.331 e. The van der Waals surface area contributed by atoms with Gasteiger partial charge in [0.05, 0.1) is 5.52 Å². The van der Waals surface area contributed by atoms with E-state index in [0.29, 0.717) is 22.4 Å². The fourth-order valence-corrected chi connectivity index (χ4v) is 2.63. The number of carbonyl (C=O) groups excluding carboxylic acids is 1. The van der Waals surface area contributed by atoms with Gasteiger partial charge < -0.3 is 19.2 Å². The van der Waals surface area contributed by atoms with Crippen LogP contribution < -0.4 is 4.74 Å². The molecule has 0 saturated heterocycles. The van der Waals surface area contributed by atoms with E-state index in [-0.39, 0.29) is 23.9 Å². The van der Waals surface area contributed by atoms with Crippen molar-refractivity contribution in [3.63, 3.8) is 0 Å². The van der Waals surface area contributed by atoms with Crippen LogP contribution in [0.25, 0.3) is 10.9 Å². The van der Waals surface area contributed by atoms with Gasteiger partial charge in [0, 0.05) is 5.39 Å². The van der Waals surface area contributed by atoms with Crippen molar-refractivity contribution in [2.24, 2.45) is 10.2 Å². The second-order valence-electron chi connectivity index (χ2n) is 5.88. The molecule has 0 fully saturated rings. The summed E-state index contributed by atoms with van der Waals surface area (Å²) in [5.41, 5.74) is 0.389. The molecule has 0 unspecified atom stereocenters. The van der Waals surface area contributed by atoms with Gasteiger partial charge in [0.2, 0.25) is 5.88 Å². The Balaban J connectivity index is 1.47. The van der Waals surface area contributed by atoms with E-state index in [4.69, 9.17) is 9.15 Å². The fraction of sp³-hybridized carbons (Fsp3) is 0.0500. The predicted molar refractivity (Wildman–Crippen MR) is 98.2 cm³/mol. The number of halogens is 1. The number of carbonyl (C=O) groups is 1. The number of aromatic hydroxyl groups is 1. The number of aromatic nitrogens is 1. The van der Waals surface area contributed by atoms with Gasteiger partial charge in [0.15, 0.2) is 11.4 Å². The molecule has 7 nitrogen and oxygen atoms in total. The molecular formula is C20H14FN3O4. The van der Waals surface area contributed by atoms with Crippen molar-refractivity contribution >= 4 is 22.5 Å². The lowest BCUT2D eigenvalue weighted by molar-refractivity contribution is 0.0964. The quantitative estimate of drug-likeness (QED) is 0.471. The Hall–Kier alpha value is -3.94. The molecule has 0 spiro atoms. The van der Waals surface area contributed by atoms with Gasteiger partial charge in [-0.1, -0.05) is 18.2 Å². The summed E-state index contributed by atoms with van der Waals surface area (Å²) in [6.07, 6.45) is 0. The number of H-pyrrole nitrogens is 1. The van der Waals surface area contributed by atoms with Crippen LogP contribution in [0.15, 0.2) is 75.3 Å². The Morgan fingerprint density at radius 1 is 1.14 bits per heavy atom. The molecule has 0 aliphatic rings. The summed E-state index contributed by atoms with van der Waals surface area (Å²) in [5.74, 6) is -0.379.